The number of alkyl carbamates (subject to hydrolysis) is 1. The highest BCUT2D eigenvalue weighted by Gasteiger charge is 2.43. The summed E-state index contributed by atoms with van der Waals surface area (Å²) in [6, 6.07) is 5.83. The van der Waals surface area contributed by atoms with E-state index < -0.39 is 12.1 Å². The van der Waals surface area contributed by atoms with Crippen LogP contribution in [0, 0.1) is 17.8 Å². The molecule has 1 saturated heterocycles. The van der Waals surface area contributed by atoms with Crippen molar-refractivity contribution in [2.75, 3.05) is 19.7 Å². The van der Waals surface area contributed by atoms with Gasteiger partial charge in [-0.15, -0.1) is 0 Å². The maximum Gasteiger partial charge on any atom is 0.407 e. The van der Waals surface area contributed by atoms with Crippen LogP contribution in [0.25, 0.3) is 0 Å². The summed E-state index contributed by atoms with van der Waals surface area (Å²) in [4.78, 5) is 28.1. The van der Waals surface area contributed by atoms with Gasteiger partial charge in [-0.1, -0.05) is 5.16 Å². The van der Waals surface area contributed by atoms with Gasteiger partial charge in [-0.2, -0.15) is 0 Å². The Morgan fingerprint density at radius 3 is 2.97 bits per heavy atom. The molecule has 172 valence electrons. The molecule has 3 heterocycles. The minimum Gasteiger partial charge on any atom is -0.461 e. The van der Waals surface area contributed by atoms with Crippen molar-refractivity contribution in [3.63, 3.8) is 0 Å². The van der Waals surface area contributed by atoms with Gasteiger partial charge < -0.3 is 24.6 Å². The van der Waals surface area contributed by atoms with E-state index in [4.69, 9.17) is 14.0 Å². The number of fused-ring (bicyclic) bond motifs is 1. The number of hydrogen-bond donors (Lipinski definition) is 2. The zero-order valence-electron chi connectivity index (χ0n) is 17.9. The van der Waals surface area contributed by atoms with Gasteiger partial charge in [0, 0.05) is 23.3 Å². The Bertz CT molecular complexity index is 935. The van der Waals surface area contributed by atoms with Crippen molar-refractivity contribution in [1.82, 2.24) is 20.8 Å². The largest absolute Gasteiger partial charge is 0.461 e. The normalized spacial score (nSPS) is 24.2. The predicted octanol–water partition coefficient (Wildman–Crippen LogP) is 3.61. The second-order valence-electron chi connectivity index (χ2n) is 8.24. The van der Waals surface area contributed by atoms with Gasteiger partial charge >= 0.3 is 12.1 Å². The van der Waals surface area contributed by atoms with Gasteiger partial charge in [-0.05, 0) is 78.5 Å². The van der Waals surface area contributed by atoms with Crippen LogP contribution in [0.1, 0.15) is 54.2 Å². The number of carbonyl (C=O) groups is 2. The molecule has 1 amide bonds. The minimum absolute atomic E-state index is 0.0590. The van der Waals surface area contributed by atoms with Crippen LogP contribution in [0.4, 0.5) is 4.79 Å². The molecular formula is C22H27BrN4O5. The molecule has 0 spiro atoms. The van der Waals surface area contributed by atoms with Crippen molar-refractivity contribution in [1.29, 1.82) is 0 Å². The Balaban J connectivity index is 1.17. The summed E-state index contributed by atoms with van der Waals surface area (Å²) in [5.41, 5.74) is 1.16. The fraction of sp³-hybridized carbons (Fsp3) is 0.545. The molecule has 4 rings (SSSR count). The fourth-order valence-electron chi connectivity index (χ4n) is 4.73. The van der Waals surface area contributed by atoms with E-state index in [9.17, 15) is 9.59 Å². The summed E-state index contributed by atoms with van der Waals surface area (Å²) in [5, 5.41) is 10.0. The number of ether oxygens (including phenoxy) is 2. The Labute approximate surface area is 194 Å². The van der Waals surface area contributed by atoms with Gasteiger partial charge in [0.25, 0.3) is 0 Å². The summed E-state index contributed by atoms with van der Waals surface area (Å²) >= 11 is 3.44. The summed E-state index contributed by atoms with van der Waals surface area (Å²) in [6.45, 7) is 3.44. The van der Waals surface area contributed by atoms with Crippen LogP contribution in [0.5, 0.6) is 0 Å². The summed E-state index contributed by atoms with van der Waals surface area (Å²) in [6.07, 6.45) is 4.54. The smallest absolute Gasteiger partial charge is 0.407 e. The first kappa shape index (κ1) is 22.7. The molecule has 0 bridgehead atoms. The van der Waals surface area contributed by atoms with E-state index in [2.05, 4.69) is 42.8 Å². The highest BCUT2D eigenvalue weighted by Crippen LogP contribution is 2.47. The first-order valence-electron chi connectivity index (χ1n) is 10.9. The molecule has 2 aromatic rings. The SMILES string of the molecule is CCOC(=O)c1cc(COC(=O)NCC[C@@H]2C[C@H]3CN[C@@H](c4ccc(Br)cn4)[C@@H]3C2)on1. The molecule has 2 fully saturated rings. The number of carbonyl (C=O) groups excluding carboxylic acids is 2. The molecule has 0 radical (unpaired) electrons. The molecular weight excluding hydrogens is 480 g/mol. The van der Waals surface area contributed by atoms with Crippen molar-refractivity contribution in [2.24, 2.45) is 17.8 Å². The summed E-state index contributed by atoms with van der Waals surface area (Å²) in [5.74, 6) is 1.53. The van der Waals surface area contributed by atoms with Crippen LogP contribution in [-0.2, 0) is 16.1 Å². The van der Waals surface area contributed by atoms with E-state index in [1.807, 2.05) is 12.3 Å². The predicted molar refractivity (Wildman–Crippen MR) is 118 cm³/mol. The van der Waals surface area contributed by atoms with Gasteiger partial charge in [0.05, 0.1) is 18.3 Å². The molecule has 9 nitrogen and oxygen atoms in total. The van der Waals surface area contributed by atoms with E-state index in [-0.39, 0.29) is 24.7 Å². The number of amides is 1. The molecule has 10 heteroatoms. The van der Waals surface area contributed by atoms with E-state index in [0.29, 0.717) is 30.3 Å². The molecule has 1 saturated carbocycles. The molecule has 2 aliphatic rings. The third-order valence-corrected chi connectivity index (χ3v) is 6.62. The van der Waals surface area contributed by atoms with Crippen molar-refractivity contribution < 1.29 is 23.6 Å². The van der Waals surface area contributed by atoms with Crippen molar-refractivity contribution in [3.05, 3.63) is 46.0 Å². The number of esters is 1. The van der Waals surface area contributed by atoms with E-state index in [1.165, 1.54) is 6.07 Å². The second kappa shape index (κ2) is 10.4. The summed E-state index contributed by atoms with van der Waals surface area (Å²) in [7, 11) is 0. The van der Waals surface area contributed by atoms with Crippen molar-refractivity contribution >= 4 is 28.0 Å². The summed E-state index contributed by atoms with van der Waals surface area (Å²) < 4.78 is 16.0. The molecule has 1 aliphatic carbocycles. The lowest BCUT2D eigenvalue weighted by atomic mass is 9.91. The third kappa shape index (κ3) is 5.47. The van der Waals surface area contributed by atoms with Crippen molar-refractivity contribution in [3.8, 4) is 0 Å². The van der Waals surface area contributed by atoms with Gasteiger partial charge in [-0.25, -0.2) is 9.59 Å². The average Bonchev–Trinajstić information content (AvgIpc) is 3.49. The lowest BCUT2D eigenvalue weighted by Gasteiger charge is -2.19. The fourth-order valence-corrected chi connectivity index (χ4v) is 4.96. The van der Waals surface area contributed by atoms with Gasteiger partial charge in [0.15, 0.2) is 18.1 Å². The number of halogens is 1. The molecule has 0 unspecified atom stereocenters. The number of nitrogens with one attached hydrogen (secondary N) is 2. The lowest BCUT2D eigenvalue weighted by Crippen LogP contribution is -2.26. The van der Waals surface area contributed by atoms with Crippen LogP contribution >= 0.6 is 15.9 Å². The van der Waals surface area contributed by atoms with Crippen LogP contribution in [0.3, 0.4) is 0 Å². The topological polar surface area (TPSA) is 116 Å². The molecule has 2 N–H and O–H groups in total. The second-order valence-corrected chi connectivity index (χ2v) is 9.15. The molecule has 32 heavy (non-hydrogen) atoms. The lowest BCUT2D eigenvalue weighted by molar-refractivity contribution is 0.0514. The zero-order valence-corrected chi connectivity index (χ0v) is 19.5. The third-order valence-electron chi connectivity index (χ3n) is 6.16. The number of rotatable bonds is 8. The van der Waals surface area contributed by atoms with Crippen LogP contribution in [0.2, 0.25) is 0 Å². The molecule has 4 atom stereocenters. The monoisotopic (exact) mass is 506 g/mol. The number of hydrogen-bond acceptors (Lipinski definition) is 8. The maximum absolute atomic E-state index is 12.0. The van der Waals surface area contributed by atoms with E-state index >= 15 is 0 Å². The zero-order chi connectivity index (χ0) is 22.5. The minimum atomic E-state index is -0.568. The Morgan fingerprint density at radius 2 is 2.19 bits per heavy atom. The number of aromatic nitrogens is 2. The number of pyridine rings is 1. The number of nitrogens with zero attached hydrogens (tertiary/aromatic N) is 2. The highest BCUT2D eigenvalue weighted by molar-refractivity contribution is 9.10. The van der Waals surface area contributed by atoms with Gasteiger partial charge in [0.2, 0.25) is 0 Å². The maximum atomic E-state index is 12.0. The standard InChI is InChI=1S/C22H27BrN4O5/c1-2-30-21(28)19-9-16(32-27-19)12-31-22(29)24-6-5-13-7-14-10-26-20(17(14)8-13)18-4-3-15(23)11-25-18/h3-4,9,11,13-14,17,20,26H,2,5-8,10,12H2,1H3,(H,24,29)/t13-,14+,17-,20-/m1/s1. The van der Waals surface area contributed by atoms with E-state index in [0.717, 1.165) is 36.0 Å². The van der Waals surface area contributed by atoms with Crippen LogP contribution in [0.15, 0.2) is 33.4 Å². The van der Waals surface area contributed by atoms with E-state index in [1.54, 1.807) is 6.92 Å². The Morgan fingerprint density at radius 1 is 1.31 bits per heavy atom. The quantitative estimate of drug-likeness (QED) is 0.521. The Kier molecular flexibility index (Phi) is 7.41. The average molecular weight is 507 g/mol. The van der Waals surface area contributed by atoms with Gasteiger partial charge in [0.1, 0.15) is 0 Å². The first-order valence-corrected chi connectivity index (χ1v) is 11.7. The molecule has 1 aliphatic heterocycles. The van der Waals surface area contributed by atoms with Gasteiger partial charge in [-0.3, -0.25) is 4.98 Å². The highest BCUT2D eigenvalue weighted by atomic mass is 79.9. The first-order chi connectivity index (χ1) is 15.5. The van der Waals surface area contributed by atoms with Crippen LogP contribution in [-0.4, -0.2) is 41.9 Å². The van der Waals surface area contributed by atoms with Crippen LogP contribution < -0.4 is 10.6 Å². The Hall–Kier alpha value is -2.46. The molecule has 2 aromatic heterocycles. The van der Waals surface area contributed by atoms with Crippen molar-refractivity contribution in [2.45, 2.75) is 38.8 Å². The molecule has 0 aromatic carbocycles.